The van der Waals surface area contributed by atoms with Crippen molar-refractivity contribution in [2.75, 3.05) is 11.9 Å². The number of aryl methyl sites for hydroxylation is 2. The number of aromatic nitrogens is 3. The fourth-order valence-electron chi connectivity index (χ4n) is 2.07. The number of pyridine rings is 2. The number of ether oxygens (including phenoxy) is 1. The van der Waals surface area contributed by atoms with E-state index in [0.29, 0.717) is 10.8 Å². The Morgan fingerprint density at radius 1 is 1.36 bits per heavy atom. The fourth-order valence-corrected chi connectivity index (χ4v) is 2.79. The first-order chi connectivity index (χ1) is 12.0. The molecule has 3 heterocycles. The summed E-state index contributed by atoms with van der Waals surface area (Å²) in [5.41, 5.74) is 1.98. The van der Waals surface area contributed by atoms with Crippen molar-refractivity contribution in [3.63, 3.8) is 0 Å². The second-order valence-corrected chi connectivity index (χ2v) is 6.20. The number of amides is 1. The Labute approximate surface area is 148 Å². The van der Waals surface area contributed by atoms with Crippen molar-refractivity contribution in [2.24, 2.45) is 7.05 Å². The van der Waals surface area contributed by atoms with Gasteiger partial charge in [-0.25, -0.2) is 4.98 Å². The molecule has 7 nitrogen and oxygen atoms in total. The summed E-state index contributed by atoms with van der Waals surface area (Å²) in [6.07, 6.45) is 3.25. The van der Waals surface area contributed by atoms with Gasteiger partial charge >= 0.3 is 0 Å². The topological polar surface area (TPSA) is 86.1 Å². The van der Waals surface area contributed by atoms with E-state index in [1.165, 1.54) is 17.4 Å². The standard InChI is InChI=1S/C17H16N4O3S/c1-11-7-14(22)15(8-21(11)2)24-9-16(23)20-17-19-13(10-25-17)12-5-3-4-6-18-12/h3-8,10H,9H2,1-2H3,(H,19,20,23). The third-order valence-electron chi connectivity index (χ3n) is 3.49. The molecule has 1 N–H and O–H groups in total. The van der Waals surface area contributed by atoms with Crippen LogP contribution in [0.4, 0.5) is 5.13 Å². The summed E-state index contributed by atoms with van der Waals surface area (Å²) in [7, 11) is 1.80. The van der Waals surface area contributed by atoms with Gasteiger partial charge in [-0.15, -0.1) is 11.3 Å². The highest BCUT2D eigenvalue weighted by molar-refractivity contribution is 7.14. The first-order valence-corrected chi connectivity index (χ1v) is 8.38. The molecule has 1 amide bonds. The molecule has 0 radical (unpaired) electrons. The number of hydrogen-bond donors (Lipinski definition) is 1. The Balaban J connectivity index is 1.61. The van der Waals surface area contributed by atoms with Gasteiger partial charge in [0.25, 0.3) is 5.91 Å². The van der Waals surface area contributed by atoms with Crippen molar-refractivity contribution >= 4 is 22.4 Å². The smallest absolute Gasteiger partial charge is 0.264 e. The van der Waals surface area contributed by atoms with Crippen LogP contribution in [0.5, 0.6) is 5.75 Å². The summed E-state index contributed by atoms with van der Waals surface area (Å²) in [6.45, 7) is 1.55. The normalized spacial score (nSPS) is 10.5. The maximum atomic E-state index is 12.0. The Bertz CT molecular complexity index is 950. The molecule has 3 aromatic heterocycles. The average molecular weight is 356 g/mol. The van der Waals surface area contributed by atoms with Crippen LogP contribution in [-0.4, -0.2) is 27.0 Å². The number of hydrogen-bond acceptors (Lipinski definition) is 6. The van der Waals surface area contributed by atoms with Crippen molar-refractivity contribution in [3.8, 4) is 17.1 Å². The number of carbonyl (C=O) groups excluding carboxylic acids is 1. The number of thiazole rings is 1. The molecule has 0 saturated heterocycles. The van der Waals surface area contributed by atoms with Gasteiger partial charge in [0.05, 0.1) is 5.69 Å². The van der Waals surface area contributed by atoms with Crippen LogP contribution >= 0.6 is 11.3 Å². The van der Waals surface area contributed by atoms with Gasteiger partial charge in [0, 0.05) is 36.6 Å². The maximum absolute atomic E-state index is 12.0. The summed E-state index contributed by atoms with van der Waals surface area (Å²) < 4.78 is 7.08. The minimum atomic E-state index is -0.385. The Kier molecular flexibility index (Phi) is 4.90. The van der Waals surface area contributed by atoms with Crippen molar-refractivity contribution < 1.29 is 9.53 Å². The molecule has 0 aliphatic rings. The summed E-state index contributed by atoms with van der Waals surface area (Å²) in [5.74, 6) is -0.249. The predicted octanol–water partition coefficient (Wildman–Crippen LogP) is 2.23. The van der Waals surface area contributed by atoms with Gasteiger partial charge in [-0.05, 0) is 19.1 Å². The van der Waals surface area contributed by atoms with Gasteiger partial charge < -0.3 is 9.30 Å². The molecule has 0 bridgehead atoms. The lowest BCUT2D eigenvalue weighted by Crippen LogP contribution is -2.22. The number of carbonyl (C=O) groups is 1. The van der Waals surface area contributed by atoms with Crippen LogP contribution < -0.4 is 15.5 Å². The second-order valence-electron chi connectivity index (χ2n) is 5.34. The van der Waals surface area contributed by atoms with Gasteiger partial charge in [-0.2, -0.15) is 0 Å². The van der Waals surface area contributed by atoms with E-state index >= 15 is 0 Å². The lowest BCUT2D eigenvalue weighted by molar-refractivity contribution is -0.118. The molecule has 25 heavy (non-hydrogen) atoms. The molecular formula is C17H16N4O3S. The van der Waals surface area contributed by atoms with E-state index in [4.69, 9.17) is 4.74 Å². The van der Waals surface area contributed by atoms with E-state index < -0.39 is 0 Å². The van der Waals surface area contributed by atoms with Gasteiger partial charge in [0.2, 0.25) is 5.43 Å². The average Bonchev–Trinajstić information content (AvgIpc) is 3.06. The monoisotopic (exact) mass is 356 g/mol. The quantitative estimate of drug-likeness (QED) is 0.758. The highest BCUT2D eigenvalue weighted by atomic mass is 32.1. The zero-order valence-electron chi connectivity index (χ0n) is 13.7. The molecule has 0 fully saturated rings. The van der Waals surface area contributed by atoms with Gasteiger partial charge in [0.1, 0.15) is 5.69 Å². The van der Waals surface area contributed by atoms with E-state index in [0.717, 1.165) is 11.4 Å². The molecule has 0 spiro atoms. The largest absolute Gasteiger partial charge is 0.478 e. The third-order valence-corrected chi connectivity index (χ3v) is 4.24. The molecule has 0 atom stereocenters. The van der Waals surface area contributed by atoms with E-state index in [1.807, 2.05) is 30.5 Å². The number of nitrogens with one attached hydrogen (secondary N) is 1. The fraction of sp³-hybridized carbons (Fsp3) is 0.176. The molecule has 0 saturated carbocycles. The van der Waals surface area contributed by atoms with Crippen LogP contribution in [0.25, 0.3) is 11.4 Å². The predicted molar refractivity (Wildman–Crippen MR) is 95.9 cm³/mol. The van der Waals surface area contributed by atoms with E-state index in [9.17, 15) is 9.59 Å². The second kappa shape index (κ2) is 7.27. The molecule has 8 heteroatoms. The van der Waals surface area contributed by atoms with Gasteiger partial charge in [0.15, 0.2) is 17.5 Å². The first kappa shape index (κ1) is 16.8. The minimum Gasteiger partial charge on any atom is -0.478 e. The summed E-state index contributed by atoms with van der Waals surface area (Å²) in [5, 5.41) is 4.92. The van der Waals surface area contributed by atoms with Crippen LogP contribution in [0.1, 0.15) is 5.69 Å². The molecular weight excluding hydrogens is 340 g/mol. The van der Waals surface area contributed by atoms with Crippen LogP contribution in [0, 0.1) is 6.92 Å². The molecule has 3 aromatic rings. The van der Waals surface area contributed by atoms with Crippen LogP contribution in [0.3, 0.4) is 0 Å². The van der Waals surface area contributed by atoms with E-state index in [2.05, 4.69) is 15.3 Å². The van der Waals surface area contributed by atoms with Crippen LogP contribution in [0.2, 0.25) is 0 Å². The van der Waals surface area contributed by atoms with E-state index in [-0.39, 0.29) is 23.7 Å². The number of nitrogens with zero attached hydrogens (tertiary/aromatic N) is 3. The minimum absolute atomic E-state index is 0.136. The van der Waals surface area contributed by atoms with Crippen molar-refractivity contribution in [2.45, 2.75) is 6.92 Å². The molecule has 3 rings (SSSR count). The molecule has 128 valence electrons. The lowest BCUT2D eigenvalue weighted by Gasteiger charge is -2.08. The van der Waals surface area contributed by atoms with Gasteiger partial charge in [-0.1, -0.05) is 6.07 Å². The molecule has 0 aliphatic carbocycles. The summed E-state index contributed by atoms with van der Waals surface area (Å²) in [6, 6.07) is 7.01. The molecule has 0 unspecified atom stereocenters. The SMILES string of the molecule is Cc1cc(=O)c(OCC(=O)Nc2nc(-c3ccccn3)cs2)cn1C. The van der Waals surface area contributed by atoms with Gasteiger partial charge in [-0.3, -0.25) is 19.9 Å². The van der Waals surface area contributed by atoms with Crippen LogP contribution in [-0.2, 0) is 11.8 Å². The Morgan fingerprint density at radius 3 is 2.96 bits per heavy atom. The zero-order chi connectivity index (χ0) is 17.8. The first-order valence-electron chi connectivity index (χ1n) is 7.50. The van der Waals surface area contributed by atoms with Crippen molar-refractivity contribution in [1.29, 1.82) is 0 Å². The molecule has 0 aliphatic heterocycles. The lowest BCUT2D eigenvalue weighted by atomic mass is 10.3. The highest BCUT2D eigenvalue weighted by Crippen LogP contribution is 2.22. The number of rotatable bonds is 5. The van der Waals surface area contributed by atoms with Crippen molar-refractivity contribution in [1.82, 2.24) is 14.5 Å². The number of anilines is 1. The summed E-state index contributed by atoms with van der Waals surface area (Å²) >= 11 is 1.30. The zero-order valence-corrected chi connectivity index (χ0v) is 14.5. The third kappa shape index (κ3) is 4.10. The van der Waals surface area contributed by atoms with E-state index in [1.54, 1.807) is 24.0 Å². The Morgan fingerprint density at radius 2 is 2.20 bits per heavy atom. The maximum Gasteiger partial charge on any atom is 0.264 e. The van der Waals surface area contributed by atoms with Crippen LogP contribution in [0.15, 0.2) is 46.8 Å². The Hall–Kier alpha value is -3.00. The summed E-state index contributed by atoms with van der Waals surface area (Å²) in [4.78, 5) is 32.4. The molecule has 0 aromatic carbocycles. The van der Waals surface area contributed by atoms with Crippen molar-refractivity contribution in [3.05, 3.63) is 58.0 Å². The highest BCUT2D eigenvalue weighted by Gasteiger charge is 2.11.